The molecule has 0 aliphatic carbocycles. The van der Waals surface area contributed by atoms with Gasteiger partial charge in [0.15, 0.2) is 0 Å². The first-order valence-corrected chi connectivity index (χ1v) is 6.91. The van der Waals surface area contributed by atoms with Gasteiger partial charge in [0.25, 0.3) is 5.91 Å². The minimum atomic E-state index is -5.17. The summed E-state index contributed by atoms with van der Waals surface area (Å²) in [6, 6.07) is 2.68. The Morgan fingerprint density at radius 3 is 2.32 bits per heavy atom. The number of isocyanates is 1. The van der Waals surface area contributed by atoms with Gasteiger partial charge in [-0.1, -0.05) is 34.8 Å². The van der Waals surface area contributed by atoms with Crippen LogP contribution in [0.5, 0.6) is 0 Å². The molecule has 0 aliphatic heterocycles. The van der Waals surface area contributed by atoms with Crippen LogP contribution in [0.25, 0.3) is 0 Å². The zero-order valence-corrected chi connectivity index (χ0v) is 13.1. The Morgan fingerprint density at radius 2 is 1.86 bits per heavy atom. The summed E-state index contributed by atoms with van der Waals surface area (Å²) in [5, 5.41) is -0.190. The van der Waals surface area contributed by atoms with Crippen LogP contribution in [0.15, 0.2) is 23.2 Å². The Labute approximate surface area is 140 Å². The number of rotatable bonds is 4. The molecule has 120 valence electrons. The Balaban J connectivity index is 3.49. The first-order chi connectivity index (χ1) is 9.95. The van der Waals surface area contributed by atoms with Gasteiger partial charge in [-0.2, -0.15) is 4.39 Å². The van der Waals surface area contributed by atoms with E-state index in [1.54, 1.807) is 0 Å². The Morgan fingerprint density at radius 1 is 1.27 bits per heavy atom. The third-order valence-electron chi connectivity index (χ3n) is 1.98. The van der Waals surface area contributed by atoms with E-state index in [-0.39, 0.29) is 5.02 Å². The van der Waals surface area contributed by atoms with Gasteiger partial charge < -0.3 is 0 Å². The smallest absolute Gasteiger partial charge is 0.266 e. The number of nitrogens with zero attached hydrogens (tertiary/aromatic N) is 2. The predicted molar refractivity (Wildman–Crippen MR) is 75.6 cm³/mol. The van der Waals surface area contributed by atoms with Crippen molar-refractivity contribution >= 4 is 64.4 Å². The highest BCUT2D eigenvalue weighted by Gasteiger charge is 2.45. The summed E-state index contributed by atoms with van der Waals surface area (Å²) >= 11 is 14.8. The van der Waals surface area contributed by atoms with Gasteiger partial charge in [0, 0.05) is 17.0 Å². The molecule has 0 spiro atoms. The summed E-state index contributed by atoms with van der Waals surface area (Å²) in [6.45, 7) is 0. The number of benzene rings is 1. The van der Waals surface area contributed by atoms with Crippen LogP contribution >= 0.6 is 46.8 Å². The van der Waals surface area contributed by atoms with Gasteiger partial charge in [0.1, 0.15) is 0 Å². The van der Waals surface area contributed by atoms with Crippen LogP contribution in [0.3, 0.4) is 0 Å². The van der Waals surface area contributed by atoms with Crippen LogP contribution < -0.4 is 4.31 Å². The van der Waals surface area contributed by atoms with E-state index in [1.807, 2.05) is 0 Å². The summed E-state index contributed by atoms with van der Waals surface area (Å²) in [5.74, 6) is -1.33. The summed E-state index contributed by atoms with van der Waals surface area (Å²) in [7, 11) is 0. The highest BCUT2D eigenvalue weighted by atomic mass is 35.5. The van der Waals surface area contributed by atoms with E-state index in [4.69, 9.17) is 34.8 Å². The SMILES string of the molecule is O=C=NC(=O)c1ccc(Cl)cc1N(SC(F)(Cl)Cl)C(F)(F)F. The van der Waals surface area contributed by atoms with Crippen LogP contribution in [0.2, 0.25) is 5.02 Å². The predicted octanol–water partition coefficient (Wildman–Crippen LogP) is 4.85. The molecule has 0 radical (unpaired) electrons. The lowest BCUT2D eigenvalue weighted by Crippen LogP contribution is -2.35. The zero-order valence-electron chi connectivity index (χ0n) is 10.00. The molecule has 12 heteroatoms. The average Bonchev–Trinajstić information content (AvgIpc) is 2.33. The highest BCUT2D eigenvalue weighted by molar-refractivity contribution is 8.04. The maximum Gasteiger partial charge on any atom is 0.495 e. The van der Waals surface area contributed by atoms with Crippen LogP contribution in [0, 0.1) is 0 Å². The molecule has 0 atom stereocenters. The Kier molecular flexibility index (Phi) is 6.11. The van der Waals surface area contributed by atoms with Gasteiger partial charge >= 0.3 is 10.2 Å². The Bertz CT molecular complexity index is 630. The van der Waals surface area contributed by atoms with Crippen molar-refractivity contribution in [3.63, 3.8) is 0 Å². The number of alkyl halides is 6. The number of anilines is 1. The minimum Gasteiger partial charge on any atom is -0.266 e. The largest absolute Gasteiger partial charge is 0.495 e. The lowest BCUT2D eigenvalue weighted by molar-refractivity contribution is -0.114. The van der Waals surface area contributed by atoms with Crippen molar-refractivity contribution < 1.29 is 27.2 Å². The number of halogens is 7. The van der Waals surface area contributed by atoms with E-state index >= 15 is 0 Å². The fourth-order valence-corrected chi connectivity index (χ4v) is 2.44. The standard InChI is InChI=1S/C10H3Cl3F4N2O2S/c11-5-1-2-6(8(21)18-4-20)7(3-5)19(10(15,16)17)22-9(12,13)14/h1-3H. The number of amides is 1. The topological polar surface area (TPSA) is 49.7 Å². The summed E-state index contributed by atoms with van der Waals surface area (Å²) in [4.78, 5) is 24.3. The second-order valence-corrected chi connectivity index (χ2v) is 6.70. The third kappa shape index (κ3) is 5.33. The molecule has 0 aliphatic rings. The van der Waals surface area contributed by atoms with Gasteiger partial charge in [0.2, 0.25) is 6.08 Å². The van der Waals surface area contributed by atoms with Gasteiger partial charge in [0.05, 0.1) is 11.3 Å². The van der Waals surface area contributed by atoms with E-state index in [0.717, 1.165) is 24.3 Å². The van der Waals surface area contributed by atoms with Crippen molar-refractivity contribution in [2.75, 3.05) is 4.31 Å². The molecule has 0 saturated heterocycles. The quantitative estimate of drug-likeness (QED) is 0.182. The Hall–Kier alpha value is -0.990. The molecule has 1 aromatic carbocycles. The van der Waals surface area contributed by atoms with Crippen molar-refractivity contribution in [2.24, 2.45) is 4.99 Å². The fraction of sp³-hybridized carbons (Fsp3) is 0.200. The van der Waals surface area contributed by atoms with Gasteiger partial charge in [-0.15, -0.1) is 18.2 Å². The van der Waals surface area contributed by atoms with Crippen molar-refractivity contribution in [1.82, 2.24) is 0 Å². The molecule has 0 unspecified atom stereocenters. The van der Waals surface area contributed by atoms with Crippen molar-refractivity contribution in [2.45, 2.75) is 10.2 Å². The molecule has 1 rings (SSSR count). The van der Waals surface area contributed by atoms with E-state index in [0.29, 0.717) is 0 Å². The van der Waals surface area contributed by atoms with Gasteiger partial charge in [-0.3, -0.25) is 4.79 Å². The third-order valence-corrected chi connectivity index (χ3v) is 3.42. The molecule has 22 heavy (non-hydrogen) atoms. The molecule has 0 aromatic heterocycles. The second-order valence-electron chi connectivity index (χ2n) is 3.47. The van der Waals surface area contributed by atoms with E-state index in [2.05, 4.69) is 4.99 Å². The van der Waals surface area contributed by atoms with Gasteiger partial charge in [-0.25, -0.2) is 9.10 Å². The molecule has 4 nitrogen and oxygen atoms in total. The van der Waals surface area contributed by atoms with Crippen LogP contribution in [0.1, 0.15) is 10.4 Å². The van der Waals surface area contributed by atoms with Crippen molar-refractivity contribution in [3.8, 4) is 0 Å². The van der Waals surface area contributed by atoms with Crippen LogP contribution in [0.4, 0.5) is 23.2 Å². The maximum atomic E-state index is 13.2. The zero-order chi connectivity index (χ0) is 17.1. The summed E-state index contributed by atoms with van der Waals surface area (Å²) in [5.41, 5.74) is -1.56. The molecular formula is C10H3Cl3F4N2O2S. The van der Waals surface area contributed by atoms with Gasteiger partial charge in [-0.05, 0) is 18.2 Å². The van der Waals surface area contributed by atoms with Crippen molar-refractivity contribution in [1.29, 1.82) is 0 Å². The number of carbonyl (C=O) groups is 1. The molecule has 1 amide bonds. The molecule has 0 saturated carbocycles. The molecule has 0 heterocycles. The number of hydrogen-bond acceptors (Lipinski definition) is 4. The summed E-state index contributed by atoms with van der Waals surface area (Å²) in [6.07, 6.45) is -4.28. The molecule has 0 fully saturated rings. The highest BCUT2D eigenvalue weighted by Crippen LogP contribution is 2.47. The lowest BCUT2D eigenvalue weighted by Gasteiger charge is -2.28. The molecular weight excluding hydrogens is 395 g/mol. The minimum absolute atomic E-state index is 0.190. The molecule has 0 bridgehead atoms. The van der Waals surface area contributed by atoms with Crippen molar-refractivity contribution in [3.05, 3.63) is 28.8 Å². The first-order valence-electron chi connectivity index (χ1n) is 5.00. The summed E-state index contributed by atoms with van der Waals surface area (Å²) < 4.78 is 48.4. The van der Waals surface area contributed by atoms with Crippen LogP contribution in [-0.4, -0.2) is 22.2 Å². The fourth-order valence-electron chi connectivity index (χ4n) is 1.30. The number of hydrogen-bond donors (Lipinski definition) is 0. The molecule has 0 N–H and O–H groups in total. The second kappa shape index (κ2) is 7.06. The number of aliphatic imine (C=N–C) groups is 1. The normalized spacial score (nSPS) is 11.8. The maximum absolute atomic E-state index is 13.2. The van der Waals surface area contributed by atoms with E-state index in [9.17, 15) is 27.2 Å². The monoisotopic (exact) mass is 396 g/mol. The van der Waals surface area contributed by atoms with Crippen LogP contribution in [-0.2, 0) is 4.79 Å². The average molecular weight is 398 g/mol. The molecule has 1 aromatic rings. The first kappa shape index (κ1) is 19.1. The van der Waals surface area contributed by atoms with E-state index < -0.39 is 43.6 Å². The number of carbonyl (C=O) groups excluding carboxylic acids is 2. The van der Waals surface area contributed by atoms with E-state index in [1.165, 1.54) is 0 Å². The lowest BCUT2D eigenvalue weighted by atomic mass is 10.1.